The number of benzene rings is 2. The van der Waals surface area contributed by atoms with E-state index >= 15 is 0 Å². The highest BCUT2D eigenvalue weighted by Gasteiger charge is 2.50. The standard InChI is InChI=1S/C25H29N2O6P/c1-18(28)26-22(16-20-11-6-3-7-12-20)24(29)27-14-8-13-23(27)34(32,33)17-21(25(30)31)15-19-9-4-2-5-10-19/h2-7,9-13,21-22,32-33H,8,14-17H2,1H3,(H-,26,28,30,31)/p+1. The Labute approximate surface area is 199 Å². The molecule has 1 heterocycles. The number of amides is 2. The van der Waals surface area contributed by atoms with Crippen LogP contribution in [0.1, 0.15) is 24.5 Å². The Hall–Kier alpha value is -3.06. The molecule has 1 aliphatic heterocycles. The Kier molecular flexibility index (Phi) is 8.56. The molecule has 0 radical (unpaired) electrons. The van der Waals surface area contributed by atoms with Gasteiger partial charge in [-0.3, -0.25) is 19.3 Å². The predicted octanol–water partition coefficient (Wildman–Crippen LogP) is 2.58. The zero-order valence-corrected chi connectivity index (χ0v) is 19.9. The molecule has 0 aromatic heterocycles. The van der Waals surface area contributed by atoms with Crippen LogP contribution >= 0.6 is 7.72 Å². The molecule has 0 aliphatic carbocycles. The summed E-state index contributed by atoms with van der Waals surface area (Å²) in [6, 6.07) is 17.3. The van der Waals surface area contributed by atoms with Crippen LogP contribution < -0.4 is 5.32 Å². The largest absolute Gasteiger partial charge is 0.481 e. The van der Waals surface area contributed by atoms with E-state index in [1.165, 1.54) is 11.8 Å². The first-order valence-electron chi connectivity index (χ1n) is 11.1. The molecular weight excluding hydrogens is 455 g/mol. The summed E-state index contributed by atoms with van der Waals surface area (Å²) in [6.45, 7) is 1.56. The maximum absolute atomic E-state index is 13.4. The van der Waals surface area contributed by atoms with Crippen LogP contribution in [-0.4, -0.2) is 56.3 Å². The number of nitrogens with zero attached hydrogens (tertiary/aromatic N) is 1. The number of carbonyl (C=O) groups is 3. The van der Waals surface area contributed by atoms with Crippen molar-refractivity contribution in [2.75, 3.05) is 12.7 Å². The number of hydrogen-bond donors (Lipinski definition) is 4. The highest BCUT2D eigenvalue weighted by atomic mass is 31.2. The van der Waals surface area contributed by atoms with Gasteiger partial charge >= 0.3 is 13.7 Å². The SMILES string of the molecule is CC(=O)NC(Cc1ccccc1)C(=O)N1CCC=C1[P+](O)(O)CC(Cc1ccccc1)C(=O)O. The van der Waals surface area contributed by atoms with E-state index in [-0.39, 0.29) is 36.9 Å². The Balaban J connectivity index is 1.78. The minimum atomic E-state index is -3.93. The molecule has 0 saturated carbocycles. The molecule has 0 bridgehead atoms. The Morgan fingerprint density at radius 3 is 2.06 bits per heavy atom. The first kappa shape index (κ1) is 25.6. The number of carboxylic acids is 1. The van der Waals surface area contributed by atoms with Crippen LogP contribution in [0.25, 0.3) is 0 Å². The Morgan fingerprint density at radius 1 is 0.971 bits per heavy atom. The minimum absolute atomic E-state index is 0.0558. The van der Waals surface area contributed by atoms with Gasteiger partial charge < -0.3 is 10.4 Å². The van der Waals surface area contributed by atoms with E-state index in [2.05, 4.69) is 5.32 Å². The van der Waals surface area contributed by atoms with Crippen LogP contribution in [0.2, 0.25) is 0 Å². The highest BCUT2D eigenvalue weighted by Crippen LogP contribution is 2.61. The summed E-state index contributed by atoms with van der Waals surface area (Å²) in [5.41, 5.74) is 1.68. The number of aliphatic carboxylic acids is 1. The molecule has 2 aromatic carbocycles. The summed E-state index contributed by atoms with van der Waals surface area (Å²) < 4.78 is 0. The molecule has 0 fully saturated rings. The summed E-state index contributed by atoms with van der Waals surface area (Å²) in [6.07, 6.45) is 2.01. The maximum Gasteiger partial charge on any atom is 0.317 e. The second-order valence-corrected chi connectivity index (χ2v) is 10.7. The maximum atomic E-state index is 13.4. The van der Waals surface area contributed by atoms with Gasteiger partial charge in [-0.15, -0.1) is 0 Å². The third-order valence-corrected chi connectivity index (χ3v) is 7.80. The van der Waals surface area contributed by atoms with Gasteiger partial charge in [0.2, 0.25) is 11.3 Å². The summed E-state index contributed by atoms with van der Waals surface area (Å²) in [5.74, 6) is -2.99. The average Bonchev–Trinajstić information content (AvgIpc) is 3.30. The molecule has 0 spiro atoms. The number of carboxylic acid groups (broad SMARTS) is 1. The number of rotatable bonds is 10. The molecule has 2 unspecified atom stereocenters. The molecule has 34 heavy (non-hydrogen) atoms. The third kappa shape index (κ3) is 6.73. The van der Waals surface area contributed by atoms with Crippen LogP contribution in [0.5, 0.6) is 0 Å². The first-order valence-corrected chi connectivity index (χ1v) is 13.0. The molecule has 3 rings (SSSR count). The molecule has 1 aliphatic rings. The molecule has 0 saturated heterocycles. The van der Waals surface area contributed by atoms with Crippen molar-refractivity contribution in [3.63, 3.8) is 0 Å². The van der Waals surface area contributed by atoms with Crippen molar-refractivity contribution >= 4 is 25.5 Å². The fourth-order valence-corrected chi connectivity index (χ4v) is 6.22. The van der Waals surface area contributed by atoms with E-state index in [9.17, 15) is 29.3 Å². The lowest BCUT2D eigenvalue weighted by Gasteiger charge is -2.28. The second-order valence-electron chi connectivity index (χ2n) is 8.42. The zero-order chi connectivity index (χ0) is 24.7. The van der Waals surface area contributed by atoms with Gasteiger partial charge in [-0.1, -0.05) is 60.7 Å². The smallest absolute Gasteiger partial charge is 0.317 e. The quantitative estimate of drug-likeness (QED) is 0.383. The van der Waals surface area contributed by atoms with Crippen LogP contribution in [0.15, 0.2) is 72.2 Å². The van der Waals surface area contributed by atoms with E-state index in [1.807, 2.05) is 36.4 Å². The molecule has 9 heteroatoms. The van der Waals surface area contributed by atoms with E-state index < -0.39 is 31.6 Å². The monoisotopic (exact) mass is 485 g/mol. The highest BCUT2D eigenvalue weighted by molar-refractivity contribution is 7.68. The van der Waals surface area contributed by atoms with Crippen molar-refractivity contribution in [1.82, 2.24) is 10.2 Å². The van der Waals surface area contributed by atoms with Crippen molar-refractivity contribution in [2.45, 2.75) is 32.2 Å². The molecular formula is C25H30N2O6P+. The van der Waals surface area contributed by atoms with Gasteiger partial charge in [0, 0.05) is 19.9 Å². The van der Waals surface area contributed by atoms with Crippen LogP contribution in [0.3, 0.4) is 0 Å². The number of hydrogen-bond acceptors (Lipinski definition) is 5. The second kappa shape index (κ2) is 11.4. The van der Waals surface area contributed by atoms with Crippen LogP contribution in [-0.2, 0) is 27.2 Å². The van der Waals surface area contributed by atoms with Gasteiger partial charge in [0.15, 0.2) is 0 Å². The minimum Gasteiger partial charge on any atom is -0.481 e. The normalized spacial score (nSPS) is 15.4. The Morgan fingerprint density at radius 2 is 1.53 bits per heavy atom. The van der Waals surface area contributed by atoms with Gasteiger partial charge in [0.25, 0.3) is 5.91 Å². The van der Waals surface area contributed by atoms with Gasteiger partial charge in [-0.2, -0.15) is 0 Å². The predicted molar refractivity (Wildman–Crippen MR) is 130 cm³/mol. The lowest BCUT2D eigenvalue weighted by molar-refractivity contribution is -0.141. The van der Waals surface area contributed by atoms with E-state index in [4.69, 9.17) is 0 Å². The van der Waals surface area contributed by atoms with Crippen molar-refractivity contribution in [3.8, 4) is 0 Å². The molecule has 2 amide bonds. The molecule has 2 atom stereocenters. The van der Waals surface area contributed by atoms with Crippen molar-refractivity contribution in [2.24, 2.45) is 5.92 Å². The Bertz CT molecular complexity index is 1040. The average molecular weight is 485 g/mol. The molecule has 8 nitrogen and oxygen atoms in total. The van der Waals surface area contributed by atoms with Crippen molar-refractivity contribution in [3.05, 3.63) is 83.3 Å². The van der Waals surface area contributed by atoms with Gasteiger partial charge in [0.1, 0.15) is 12.2 Å². The first-order chi connectivity index (χ1) is 16.2. The fraction of sp³-hybridized carbons (Fsp3) is 0.320. The summed E-state index contributed by atoms with van der Waals surface area (Å²) in [7, 11) is -3.93. The van der Waals surface area contributed by atoms with Crippen LogP contribution in [0, 0.1) is 5.92 Å². The zero-order valence-electron chi connectivity index (χ0n) is 19.0. The fourth-order valence-electron chi connectivity index (χ4n) is 4.12. The van der Waals surface area contributed by atoms with Crippen molar-refractivity contribution in [1.29, 1.82) is 0 Å². The summed E-state index contributed by atoms with van der Waals surface area (Å²) in [5, 5.41) is 12.4. The van der Waals surface area contributed by atoms with E-state index in [0.717, 1.165) is 11.1 Å². The van der Waals surface area contributed by atoms with Crippen molar-refractivity contribution < 1.29 is 29.3 Å². The van der Waals surface area contributed by atoms with Gasteiger partial charge in [-0.25, -0.2) is 9.79 Å². The van der Waals surface area contributed by atoms with Gasteiger partial charge in [-0.05, 0) is 30.0 Å². The summed E-state index contributed by atoms with van der Waals surface area (Å²) >= 11 is 0. The summed E-state index contributed by atoms with van der Waals surface area (Å²) in [4.78, 5) is 60.4. The molecule has 2 aromatic rings. The molecule has 180 valence electrons. The molecule has 4 N–H and O–H groups in total. The topological polar surface area (TPSA) is 127 Å². The third-order valence-electron chi connectivity index (χ3n) is 5.70. The van der Waals surface area contributed by atoms with Crippen LogP contribution in [0.4, 0.5) is 0 Å². The number of nitrogens with one attached hydrogen (secondary N) is 1. The van der Waals surface area contributed by atoms with E-state index in [0.29, 0.717) is 6.42 Å². The number of carbonyl (C=O) groups excluding carboxylic acids is 2. The lowest BCUT2D eigenvalue weighted by atomic mass is 10.0. The van der Waals surface area contributed by atoms with Gasteiger partial charge in [0.05, 0.1) is 5.92 Å². The lowest BCUT2D eigenvalue weighted by Crippen LogP contribution is -2.48. The van der Waals surface area contributed by atoms with E-state index in [1.54, 1.807) is 30.3 Å².